The molecule has 84 valence electrons. The van der Waals surface area contributed by atoms with Crippen LogP contribution in [0.25, 0.3) is 21.9 Å². The maximum Gasteiger partial charge on any atom is 0.343 e. The molecule has 0 fully saturated rings. The van der Waals surface area contributed by atoms with E-state index in [1.54, 1.807) is 0 Å². The molecule has 0 N–H and O–H groups in total. The molecule has 1 aromatic rings. The minimum absolute atomic E-state index is 0.248. The fourth-order valence-corrected chi connectivity index (χ4v) is 2.30. The van der Waals surface area contributed by atoms with Gasteiger partial charge in [0.25, 0.3) is 0 Å². The highest BCUT2D eigenvalue weighted by Gasteiger charge is 2.15. The van der Waals surface area contributed by atoms with Crippen molar-refractivity contribution >= 4 is 10.8 Å². The minimum atomic E-state index is -0.248. The van der Waals surface area contributed by atoms with E-state index in [1.165, 1.54) is 0 Å². The summed E-state index contributed by atoms with van der Waals surface area (Å²) in [6, 6.07) is 11.9. The molecule has 0 aliphatic heterocycles. The molecule has 0 amide bonds. The number of hydrogen-bond acceptors (Lipinski definition) is 2. The van der Waals surface area contributed by atoms with E-state index in [1.807, 2.05) is 50.2 Å². The Morgan fingerprint density at radius 1 is 1.06 bits per heavy atom. The van der Waals surface area contributed by atoms with Gasteiger partial charge < -0.3 is 4.42 Å². The first kappa shape index (κ1) is 10.1. The van der Waals surface area contributed by atoms with Crippen molar-refractivity contribution < 1.29 is 4.42 Å². The van der Waals surface area contributed by atoms with E-state index in [2.05, 4.69) is 0 Å². The zero-order valence-corrected chi connectivity index (χ0v) is 9.78. The molecule has 0 aromatic carbocycles. The van der Waals surface area contributed by atoms with E-state index in [4.69, 9.17) is 4.42 Å². The van der Waals surface area contributed by atoms with Gasteiger partial charge in [-0.1, -0.05) is 30.3 Å². The molecule has 0 unspecified atom stereocenters. The smallest absolute Gasteiger partial charge is 0.343 e. The predicted molar refractivity (Wildman–Crippen MR) is 68.6 cm³/mol. The second-order valence-corrected chi connectivity index (χ2v) is 4.28. The first-order valence-electron chi connectivity index (χ1n) is 5.60. The van der Waals surface area contributed by atoms with E-state index in [-0.39, 0.29) is 5.63 Å². The highest BCUT2D eigenvalue weighted by atomic mass is 16.4. The molecule has 0 radical (unpaired) electrons. The maximum atomic E-state index is 11.8. The molecular formula is C15H12O2. The van der Waals surface area contributed by atoms with Crippen LogP contribution in [0.3, 0.4) is 0 Å². The van der Waals surface area contributed by atoms with Crippen LogP contribution in [0.15, 0.2) is 45.6 Å². The summed E-state index contributed by atoms with van der Waals surface area (Å²) in [5.41, 5.74) is 2.98. The maximum absolute atomic E-state index is 11.8. The van der Waals surface area contributed by atoms with Gasteiger partial charge in [0.1, 0.15) is 5.76 Å². The lowest BCUT2D eigenvalue weighted by Crippen LogP contribution is -2.00. The fraction of sp³-hybridized carbons (Fsp3) is 0.133. The predicted octanol–water partition coefficient (Wildman–Crippen LogP) is 3.51. The average molecular weight is 224 g/mol. The molecule has 0 atom stereocenters. The summed E-state index contributed by atoms with van der Waals surface area (Å²) in [4.78, 5) is 11.8. The number of hydrogen-bond donors (Lipinski definition) is 0. The molecule has 2 aliphatic carbocycles. The van der Waals surface area contributed by atoms with Gasteiger partial charge in [0.05, 0.1) is 5.39 Å². The molecule has 2 aliphatic rings. The van der Waals surface area contributed by atoms with Crippen molar-refractivity contribution in [3.05, 3.63) is 58.1 Å². The van der Waals surface area contributed by atoms with Crippen LogP contribution < -0.4 is 5.63 Å². The van der Waals surface area contributed by atoms with Gasteiger partial charge in [-0.15, -0.1) is 0 Å². The zero-order valence-electron chi connectivity index (χ0n) is 9.78. The lowest BCUT2D eigenvalue weighted by Gasteiger charge is -2.01. The Morgan fingerprint density at radius 2 is 1.82 bits per heavy atom. The van der Waals surface area contributed by atoms with Crippen molar-refractivity contribution in [2.45, 2.75) is 13.8 Å². The molecule has 1 heterocycles. The monoisotopic (exact) mass is 224 g/mol. The number of aryl methyl sites for hydroxylation is 2. The van der Waals surface area contributed by atoms with Crippen LogP contribution in [0, 0.1) is 13.8 Å². The molecule has 0 saturated heterocycles. The summed E-state index contributed by atoms with van der Waals surface area (Å²) in [5, 5.41) is 1.69. The molecule has 0 bridgehead atoms. The highest BCUT2D eigenvalue weighted by Crippen LogP contribution is 2.34. The Hall–Kier alpha value is -2.09. The van der Waals surface area contributed by atoms with Crippen LogP contribution in [0.5, 0.6) is 0 Å². The van der Waals surface area contributed by atoms with Gasteiger partial charge >= 0.3 is 5.63 Å². The molecule has 0 spiro atoms. The van der Waals surface area contributed by atoms with Crippen molar-refractivity contribution in [1.82, 2.24) is 0 Å². The van der Waals surface area contributed by atoms with E-state index >= 15 is 0 Å². The van der Waals surface area contributed by atoms with E-state index in [0.717, 1.165) is 22.1 Å². The SMILES string of the molecule is Cc1oc(=O)c2cc3cccccc-3c2c1C. The Balaban J connectivity index is 2.62. The van der Waals surface area contributed by atoms with Gasteiger partial charge in [0.15, 0.2) is 0 Å². The summed E-state index contributed by atoms with van der Waals surface area (Å²) < 4.78 is 5.22. The van der Waals surface area contributed by atoms with Gasteiger partial charge in [-0.25, -0.2) is 4.79 Å². The van der Waals surface area contributed by atoms with Gasteiger partial charge in [0.2, 0.25) is 0 Å². The van der Waals surface area contributed by atoms with Crippen LogP contribution >= 0.6 is 0 Å². The second kappa shape index (κ2) is 3.45. The molecule has 2 nitrogen and oxygen atoms in total. The van der Waals surface area contributed by atoms with E-state index < -0.39 is 0 Å². The summed E-state index contributed by atoms with van der Waals surface area (Å²) in [5.74, 6) is 0.696. The van der Waals surface area contributed by atoms with E-state index in [9.17, 15) is 4.79 Å². The number of fused-ring (bicyclic) bond motifs is 3. The Bertz CT molecular complexity index is 738. The van der Waals surface area contributed by atoms with Gasteiger partial charge in [-0.2, -0.15) is 0 Å². The molecular weight excluding hydrogens is 212 g/mol. The number of rotatable bonds is 0. The van der Waals surface area contributed by atoms with Gasteiger partial charge in [-0.3, -0.25) is 0 Å². The van der Waals surface area contributed by atoms with Crippen LogP contribution in [0.4, 0.5) is 0 Å². The lowest BCUT2D eigenvalue weighted by molar-refractivity contribution is 0.484. The van der Waals surface area contributed by atoms with Crippen molar-refractivity contribution in [3.8, 4) is 11.1 Å². The quantitative estimate of drug-likeness (QED) is 0.585. The third kappa shape index (κ3) is 1.37. The van der Waals surface area contributed by atoms with Gasteiger partial charge in [-0.05, 0) is 36.6 Å². The van der Waals surface area contributed by atoms with Gasteiger partial charge in [0, 0.05) is 5.39 Å². The van der Waals surface area contributed by atoms with E-state index in [0.29, 0.717) is 11.1 Å². The van der Waals surface area contributed by atoms with Crippen LogP contribution in [-0.2, 0) is 0 Å². The van der Waals surface area contributed by atoms with Crippen molar-refractivity contribution in [3.63, 3.8) is 0 Å². The summed E-state index contributed by atoms with van der Waals surface area (Å²) in [6.45, 7) is 3.82. The summed E-state index contributed by atoms with van der Waals surface area (Å²) in [6.07, 6.45) is 0. The normalized spacial score (nSPS) is 11.2. The standard InChI is InChI=1S/C15H12O2/c1-9-10(2)17-15(16)13-8-11-6-4-3-5-7-12(11)14(9)13/h3-8H,1-2H3. The molecule has 3 rings (SSSR count). The summed E-state index contributed by atoms with van der Waals surface area (Å²) >= 11 is 0. The Labute approximate surface area is 98.8 Å². The van der Waals surface area contributed by atoms with Crippen LogP contribution in [0.1, 0.15) is 11.3 Å². The third-order valence-electron chi connectivity index (χ3n) is 3.28. The molecule has 1 aromatic heterocycles. The third-order valence-corrected chi connectivity index (χ3v) is 3.28. The average Bonchev–Trinajstić information content (AvgIpc) is 2.51. The molecule has 0 saturated carbocycles. The van der Waals surface area contributed by atoms with Crippen LogP contribution in [0.2, 0.25) is 0 Å². The first-order chi connectivity index (χ1) is 8.18. The van der Waals surface area contributed by atoms with Crippen LogP contribution in [-0.4, -0.2) is 0 Å². The first-order valence-corrected chi connectivity index (χ1v) is 5.60. The molecule has 17 heavy (non-hydrogen) atoms. The molecule has 2 heteroatoms. The second-order valence-electron chi connectivity index (χ2n) is 4.28. The van der Waals surface area contributed by atoms with Crippen molar-refractivity contribution in [1.29, 1.82) is 0 Å². The van der Waals surface area contributed by atoms with Crippen molar-refractivity contribution in [2.24, 2.45) is 0 Å². The highest BCUT2D eigenvalue weighted by molar-refractivity contribution is 6.03. The minimum Gasteiger partial charge on any atom is -0.427 e. The Morgan fingerprint density at radius 3 is 2.65 bits per heavy atom. The Kier molecular flexibility index (Phi) is 2.05. The largest absolute Gasteiger partial charge is 0.427 e. The summed E-state index contributed by atoms with van der Waals surface area (Å²) in [7, 11) is 0. The topological polar surface area (TPSA) is 30.2 Å². The van der Waals surface area contributed by atoms with Crippen molar-refractivity contribution in [2.75, 3.05) is 0 Å². The fourth-order valence-electron chi connectivity index (χ4n) is 2.30. The zero-order chi connectivity index (χ0) is 12.0. The lowest BCUT2D eigenvalue weighted by atomic mass is 10.1.